The molecule has 5 heteroatoms. The van der Waals surface area contributed by atoms with Crippen LogP contribution in [0.25, 0.3) is 0 Å². The molecule has 0 aromatic rings. The Kier molecular flexibility index (Phi) is 2.10. The molecule has 0 aliphatic carbocycles. The van der Waals surface area contributed by atoms with E-state index in [0.29, 0.717) is 0 Å². The van der Waals surface area contributed by atoms with Gasteiger partial charge in [0.15, 0.2) is 0 Å². The maximum absolute atomic E-state index is 9.35. The van der Waals surface area contributed by atoms with Gasteiger partial charge in [0, 0.05) is 0 Å². The van der Waals surface area contributed by atoms with Crippen LogP contribution in [0.3, 0.4) is 0 Å². The highest BCUT2D eigenvalue weighted by atomic mass is 16.4. The van der Waals surface area contributed by atoms with Gasteiger partial charge in [-0.1, -0.05) is 0 Å². The SMILES string of the molecule is NNNC(=O)O. The molecule has 0 spiro atoms. The maximum Gasteiger partial charge on any atom is 0.420 e. The van der Waals surface area contributed by atoms with Gasteiger partial charge in [-0.2, -0.15) is 5.53 Å². The standard InChI is InChI=1S/CH5N3O2/c2-4-3-1(5)6/h3-4H,2H2,(H,5,6). The van der Waals surface area contributed by atoms with E-state index in [2.05, 4.69) is 5.84 Å². The van der Waals surface area contributed by atoms with Crippen molar-refractivity contribution in [3.8, 4) is 0 Å². The Bertz CT molecular complexity index is 52.8. The molecule has 0 unspecified atom stereocenters. The molecule has 0 saturated heterocycles. The summed E-state index contributed by atoms with van der Waals surface area (Å²) in [5.74, 6) is 4.49. The number of hydrogen-bond donors (Lipinski definition) is 4. The van der Waals surface area contributed by atoms with Gasteiger partial charge >= 0.3 is 6.09 Å². The highest BCUT2D eigenvalue weighted by Gasteiger charge is 1.82. The van der Waals surface area contributed by atoms with E-state index in [9.17, 15) is 4.79 Å². The third kappa shape index (κ3) is 3.19. The first-order valence-corrected chi connectivity index (χ1v) is 1.22. The fraction of sp³-hybridized carbons (Fsp3) is 0. The fourth-order valence-corrected chi connectivity index (χ4v) is 0.0617. The quantitative estimate of drug-likeness (QED) is 0.237. The summed E-state index contributed by atoms with van der Waals surface area (Å²) in [5.41, 5.74) is 3.37. The first-order chi connectivity index (χ1) is 2.77. The number of hydrogen-bond acceptors (Lipinski definition) is 3. The summed E-state index contributed by atoms with van der Waals surface area (Å²) in [7, 11) is 0. The molecule has 0 heterocycles. The molecule has 0 aromatic carbocycles. The van der Waals surface area contributed by atoms with Gasteiger partial charge in [0.05, 0.1) is 0 Å². The Morgan fingerprint density at radius 3 is 2.33 bits per heavy atom. The number of carboxylic acid groups (broad SMARTS) is 1. The van der Waals surface area contributed by atoms with Crippen molar-refractivity contribution in [1.82, 2.24) is 11.0 Å². The van der Waals surface area contributed by atoms with Crippen molar-refractivity contribution in [3.05, 3.63) is 0 Å². The summed E-state index contributed by atoms with van der Waals surface area (Å²) in [6.45, 7) is 0. The molecule has 36 valence electrons. The second-order valence-corrected chi connectivity index (χ2v) is 0.574. The number of hydrazine groups is 2. The number of carbonyl (C=O) groups is 1. The summed E-state index contributed by atoms with van der Waals surface area (Å²) < 4.78 is 0. The van der Waals surface area contributed by atoms with Crippen LogP contribution < -0.4 is 16.8 Å². The molecule has 5 N–H and O–H groups in total. The van der Waals surface area contributed by atoms with Gasteiger partial charge in [0.25, 0.3) is 0 Å². The third-order valence-corrected chi connectivity index (χ3v) is 0.179. The van der Waals surface area contributed by atoms with Crippen molar-refractivity contribution < 1.29 is 9.90 Å². The van der Waals surface area contributed by atoms with E-state index in [1.165, 1.54) is 0 Å². The largest absolute Gasteiger partial charge is 0.464 e. The molecule has 6 heavy (non-hydrogen) atoms. The Morgan fingerprint density at radius 2 is 2.33 bits per heavy atom. The molecule has 1 amide bonds. The van der Waals surface area contributed by atoms with Crippen molar-refractivity contribution in [3.63, 3.8) is 0 Å². The van der Waals surface area contributed by atoms with Crippen LogP contribution in [0.2, 0.25) is 0 Å². The number of nitrogens with one attached hydrogen (secondary N) is 2. The smallest absolute Gasteiger partial charge is 0.420 e. The van der Waals surface area contributed by atoms with E-state index in [1.54, 1.807) is 11.0 Å². The molecule has 0 aromatic heterocycles. The summed E-state index contributed by atoms with van der Waals surface area (Å²) in [6.07, 6.45) is -1.20. The molecular formula is CH5N3O2. The average Bonchev–Trinajstić information content (AvgIpc) is 1.35. The van der Waals surface area contributed by atoms with Gasteiger partial charge in [-0.25, -0.2) is 10.2 Å². The van der Waals surface area contributed by atoms with E-state index in [4.69, 9.17) is 5.11 Å². The molecule has 5 nitrogen and oxygen atoms in total. The van der Waals surface area contributed by atoms with Crippen LogP contribution in [0.4, 0.5) is 4.79 Å². The van der Waals surface area contributed by atoms with Crippen LogP contribution in [0, 0.1) is 0 Å². The number of rotatable bonds is 1. The third-order valence-electron chi connectivity index (χ3n) is 0.179. The first-order valence-electron chi connectivity index (χ1n) is 1.22. The minimum Gasteiger partial charge on any atom is -0.464 e. The lowest BCUT2D eigenvalue weighted by atomic mass is 11.3. The van der Waals surface area contributed by atoms with E-state index in [1.807, 2.05) is 0 Å². The van der Waals surface area contributed by atoms with Crippen molar-refractivity contribution in [2.45, 2.75) is 0 Å². The predicted molar refractivity (Wildman–Crippen MR) is 18.5 cm³/mol. The summed E-state index contributed by atoms with van der Waals surface area (Å²) in [5, 5.41) is 7.66. The Labute approximate surface area is 34.1 Å². The van der Waals surface area contributed by atoms with Gasteiger partial charge in [-0.3, -0.25) is 5.84 Å². The molecule has 0 aliphatic heterocycles. The van der Waals surface area contributed by atoms with Gasteiger partial charge in [0.1, 0.15) is 0 Å². The maximum atomic E-state index is 9.35. The van der Waals surface area contributed by atoms with Crippen LogP contribution >= 0.6 is 0 Å². The second kappa shape index (κ2) is 2.43. The highest BCUT2D eigenvalue weighted by Crippen LogP contribution is 1.45. The van der Waals surface area contributed by atoms with E-state index in [0.717, 1.165) is 0 Å². The zero-order valence-electron chi connectivity index (χ0n) is 2.93. The second-order valence-electron chi connectivity index (χ2n) is 0.574. The lowest BCUT2D eigenvalue weighted by Crippen LogP contribution is -2.41. The summed E-state index contributed by atoms with van der Waals surface area (Å²) in [6, 6.07) is 0. The number of nitrogens with two attached hydrogens (primary N) is 1. The summed E-state index contributed by atoms with van der Waals surface area (Å²) >= 11 is 0. The lowest BCUT2D eigenvalue weighted by Gasteiger charge is -1.90. The zero-order chi connectivity index (χ0) is 4.99. The number of amides is 1. The van der Waals surface area contributed by atoms with Crippen molar-refractivity contribution in [1.29, 1.82) is 0 Å². The molecular weight excluding hydrogens is 86.0 g/mol. The molecule has 0 saturated carbocycles. The summed E-state index contributed by atoms with van der Waals surface area (Å²) in [4.78, 5) is 9.35. The van der Waals surface area contributed by atoms with Crippen molar-refractivity contribution in [2.24, 2.45) is 5.84 Å². The Hall–Kier alpha value is -0.810. The van der Waals surface area contributed by atoms with Crippen LogP contribution in [0.5, 0.6) is 0 Å². The molecule has 0 radical (unpaired) electrons. The van der Waals surface area contributed by atoms with Gasteiger partial charge in [0.2, 0.25) is 0 Å². The van der Waals surface area contributed by atoms with Crippen molar-refractivity contribution in [2.75, 3.05) is 0 Å². The fourth-order valence-electron chi connectivity index (χ4n) is 0.0617. The van der Waals surface area contributed by atoms with Gasteiger partial charge < -0.3 is 5.11 Å². The van der Waals surface area contributed by atoms with Crippen LogP contribution in [-0.4, -0.2) is 11.2 Å². The monoisotopic (exact) mass is 91.0 g/mol. The Balaban J connectivity index is 2.83. The van der Waals surface area contributed by atoms with Crippen LogP contribution in [0.1, 0.15) is 0 Å². The first kappa shape index (κ1) is 5.19. The molecule has 0 bridgehead atoms. The molecule has 0 fully saturated rings. The van der Waals surface area contributed by atoms with Crippen molar-refractivity contribution >= 4 is 6.09 Å². The minimum absolute atomic E-state index is 1.20. The van der Waals surface area contributed by atoms with Gasteiger partial charge in [-0.05, 0) is 0 Å². The normalized spacial score (nSPS) is 7.50. The van der Waals surface area contributed by atoms with Crippen LogP contribution in [-0.2, 0) is 0 Å². The average molecular weight is 91.1 g/mol. The van der Waals surface area contributed by atoms with Crippen LogP contribution in [0.15, 0.2) is 0 Å². The topological polar surface area (TPSA) is 87.4 Å². The molecule has 0 aliphatic rings. The van der Waals surface area contributed by atoms with Gasteiger partial charge in [-0.15, -0.1) is 0 Å². The lowest BCUT2D eigenvalue weighted by molar-refractivity contribution is 0.189. The predicted octanol–water partition coefficient (Wildman–Crippen LogP) is -1.37. The molecule has 0 atom stereocenters. The van der Waals surface area contributed by atoms with E-state index < -0.39 is 6.09 Å². The molecule has 0 rings (SSSR count). The highest BCUT2D eigenvalue weighted by molar-refractivity contribution is 5.63. The van der Waals surface area contributed by atoms with E-state index >= 15 is 0 Å². The van der Waals surface area contributed by atoms with E-state index in [-0.39, 0.29) is 0 Å². The zero-order valence-corrected chi connectivity index (χ0v) is 2.93. The Morgan fingerprint density at radius 1 is 1.83 bits per heavy atom. The minimum atomic E-state index is -1.20.